The number of rotatable bonds is 7. The van der Waals surface area contributed by atoms with Gasteiger partial charge in [0.05, 0.1) is 10.4 Å². The smallest absolute Gasteiger partial charge is 0.295 e. The fourth-order valence-electron chi connectivity index (χ4n) is 4.18. The number of nitrogens with zero attached hydrogens (tertiary/aromatic N) is 4. The second kappa shape index (κ2) is 10.1. The lowest BCUT2D eigenvalue weighted by molar-refractivity contribution is 0.0995. The number of carbonyl (C=O) groups excluding carboxylic acids is 1. The maximum Gasteiger partial charge on any atom is 0.295 e. The van der Waals surface area contributed by atoms with E-state index in [1.165, 1.54) is 28.6 Å². The van der Waals surface area contributed by atoms with Gasteiger partial charge in [0.2, 0.25) is 15.9 Å². The average molecular weight is 483 g/mol. The molecule has 1 fully saturated rings. The van der Waals surface area contributed by atoms with E-state index in [1.54, 1.807) is 4.57 Å². The van der Waals surface area contributed by atoms with Gasteiger partial charge < -0.3 is 9.67 Å². The van der Waals surface area contributed by atoms with Gasteiger partial charge in [-0.25, -0.2) is 8.42 Å². The maximum atomic E-state index is 13.0. The minimum absolute atomic E-state index is 0.0418. The first kappa shape index (κ1) is 24.1. The molecule has 4 rings (SSSR count). The number of aryl methyl sites for hydroxylation is 1. The van der Waals surface area contributed by atoms with Crippen LogP contribution in [0.15, 0.2) is 63.7 Å². The summed E-state index contributed by atoms with van der Waals surface area (Å²) in [5.41, 5.74) is 1.17. The van der Waals surface area contributed by atoms with Gasteiger partial charge in [0.15, 0.2) is 5.69 Å². The van der Waals surface area contributed by atoms with Gasteiger partial charge in [-0.2, -0.15) is 4.31 Å². The van der Waals surface area contributed by atoms with Gasteiger partial charge in [-0.05, 0) is 49.4 Å². The molecule has 0 saturated carbocycles. The molecular weight excluding hydrogens is 452 g/mol. The maximum absolute atomic E-state index is 13.0. The van der Waals surface area contributed by atoms with Crippen molar-refractivity contribution in [2.45, 2.75) is 51.0 Å². The van der Waals surface area contributed by atoms with Crippen molar-refractivity contribution >= 4 is 32.5 Å². The number of hydrogen-bond donors (Lipinski definition) is 1. The Balaban J connectivity index is 1.61. The highest BCUT2D eigenvalue weighted by molar-refractivity contribution is 7.89. The summed E-state index contributed by atoms with van der Waals surface area (Å²) in [5, 5.41) is 19.4. The summed E-state index contributed by atoms with van der Waals surface area (Å²) < 4.78 is 29.2. The van der Waals surface area contributed by atoms with E-state index < -0.39 is 15.9 Å². The lowest BCUT2D eigenvalue weighted by Gasteiger charge is -2.25. The summed E-state index contributed by atoms with van der Waals surface area (Å²) in [6.45, 7) is 5.81. The van der Waals surface area contributed by atoms with Crippen molar-refractivity contribution in [1.82, 2.24) is 8.87 Å². The number of piperidine rings is 1. The van der Waals surface area contributed by atoms with E-state index in [9.17, 15) is 18.3 Å². The Morgan fingerprint density at radius 2 is 1.79 bits per heavy atom. The first-order chi connectivity index (χ1) is 16.3. The third-order valence-electron chi connectivity index (χ3n) is 6.12. The summed E-state index contributed by atoms with van der Waals surface area (Å²) in [7, 11) is -3.67. The third kappa shape index (κ3) is 4.90. The minimum atomic E-state index is -3.67. The molecule has 1 aliphatic rings. The van der Waals surface area contributed by atoms with Crippen molar-refractivity contribution < 1.29 is 18.3 Å². The molecule has 0 radical (unpaired) electrons. The van der Waals surface area contributed by atoms with Crippen LogP contribution in [-0.2, 0) is 16.6 Å². The van der Waals surface area contributed by atoms with Crippen molar-refractivity contribution in [3.8, 4) is 5.88 Å². The van der Waals surface area contributed by atoms with Gasteiger partial charge in [-0.1, -0.05) is 44.5 Å². The van der Waals surface area contributed by atoms with Crippen LogP contribution in [0.2, 0.25) is 0 Å². The largest absolute Gasteiger partial charge is 0.493 e. The van der Waals surface area contributed by atoms with Crippen LogP contribution in [0, 0.1) is 5.92 Å². The standard InChI is InChI=1S/C25H30N4O4S/c1-18(2)13-16-29-22-12-5-4-11-21(22)23(25(29)31)26-27-24(30)19-9-8-10-20(17-19)34(32,33)28-14-6-3-7-15-28/h4-5,8-12,17-18,31H,3,6-7,13-16H2,1-2H3. The lowest BCUT2D eigenvalue weighted by atomic mass is 10.1. The quantitative estimate of drug-likeness (QED) is 0.450. The Bertz CT molecular complexity index is 1320. The van der Waals surface area contributed by atoms with E-state index in [4.69, 9.17) is 0 Å². The second-order valence-electron chi connectivity index (χ2n) is 9.02. The molecule has 2 aromatic carbocycles. The fraction of sp³-hybridized carbons (Fsp3) is 0.400. The van der Waals surface area contributed by atoms with Gasteiger partial charge in [-0.3, -0.25) is 4.79 Å². The van der Waals surface area contributed by atoms with Gasteiger partial charge in [-0.15, -0.1) is 10.2 Å². The van der Waals surface area contributed by atoms with E-state index in [-0.39, 0.29) is 22.0 Å². The molecular formula is C25H30N4O4S. The SMILES string of the molecule is CC(C)CCn1c(O)c(N=NC(=O)c2cccc(S(=O)(=O)N3CCCCC3)c2)c2ccccc21. The highest BCUT2D eigenvalue weighted by atomic mass is 32.2. The number of benzene rings is 2. The summed E-state index contributed by atoms with van der Waals surface area (Å²) in [6, 6.07) is 13.3. The number of aromatic hydroxyl groups is 1. The molecule has 0 bridgehead atoms. The predicted molar refractivity (Wildman–Crippen MR) is 131 cm³/mol. The van der Waals surface area contributed by atoms with Crippen LogP contribution in [0.1, 0.15) is 49.9 Å². The van der Waals surface area contributed by atoms with Gasteiger partial charge in [0.25, 0.3) is 5.91 Å². The molecule has 0 atom stereocenters. The van der Waals surface area contributed by atoms with Crippen LogP contribution in [0.3, 0.4) is 0 Å². The Morgan fingerprint density at radius 3 is 2.53 bits per heavy atom. The van der Waals surface area contributed by atoms with Crippen molar-refractivity contribution in [2.24, 2.45) is 16.1 Å². The fourth-order valence-corrected chi connectivity index (χ4v) is 5.74. The first-order valence-corrected chi connectivity index (χ1v) is 13.1. The van der Waals surface area contributed by atoms with E-state index >= 15 is 0 Å². The van der Waals surface area contributed by atoms with Crippen molar-refractivity contribution in [2.75, 3.05) is 13.1 Å². The zero-order valence-corrected chi connectivity index (χ0v) is 20.3. The minimum Gasteiger partial charge on any atom is -0.493 e. The summed E-state index contributed by atoms with van der Waals surface area (Å²) in [6.07, 6.45) is 3.56. The van der Waals surface area contributed by atoms with Gasteiger partial charge >= 0.3 is 0 Å². The number of fused-ring (bicyclic) bond motifs is 1. The molecule has 9 heteroatoms. The molecule has 180 valence electrons. The molecule has 2 heterocycles. The Kier molecular flexibility index (Phi) is 7.13. The molecule has 8 nitrogen and oxygen atoms in total. The van der Waals surface area contributed by atoms with E-state index in [2.05, 4.69) is 24.1 Å². The molecule has 1 aromatic heterocycles. The van der Waals surface area contributed by atoms with Crippen LogP contribution in [-0.4, -0.2) is 41.4 Å². The topological polar surface area (TPSA) is 104 Å². The summed E-state index contributed by atoms with van der Waals surface area (Å²) in [5.74, 6) is -0.255. The van der Waals surface area contributed by atoms with Crippen LogP contribution in [0.25, 0.3) is 10.9 Å². The number of amides is 1. The molecule has 34 heavy (non-hydrogen) atoms. The number of aromatic nitrogens is 1. The van der Waals surface area contributed by atoms with Gasteiger partial charge in [0, 0.05) is 30.6 Å². The number of sulfonamides is 1. The second-order valence-corrected chi connectivity index (χ2v) is 11.0. The highest BCUT2D eigenvalue weighted by Crippen LogP contribution is 2.39. The van der Waals surface area contributed by atoms with E-state index in [1.807, 2.05) is 24.3 Å². The highest BCUT2D eigenvalue weighted by Gasteiger charge is 2.26. The molecule has 1 saturated heterocycles. The average Bonchev–Trinajstić information content (AvgIpc) is 3.12. The Morgan fingerprint density at radius 1 is 1.06 bits per heavy atom. The predicted octanol–water partition coefficient (Wildman–Crippen LogP) is 5.49. The normalized spacial score (nSPS) is 15.5. The van der Waals surface area contributed by atoms with Crippen LogP contribution < -0.4 is 0 Å². The monoisotopic (exact) mass is 482 g/mol. The molecule has 1 amide bonds. The zero-order chi connectivity index (χ0) is 24.3. The molecule has 1 N–H and O–H groups in total. The number of para-hydroxylation sites is 1. The third-order valence-corrected chi connectivity index (χ3v) is 8.02. The molecule has 0 aliphatic carbocycles. The number of hydrogen-bond acceptors (Lipinski definition) is 5. The molecule has 3 aromatic rings. The summed E-state index contributed by atoms with van der Waals surface area (Å²) >= 11 is 0. The van der Waals surface area contributed by atoms with Crippen LogP contribution in [0.4, 0.5) is 5.69 Å². The number of azo groups is 1. The van der Waals surface area contributed by atoms with E-state index in [0.29, 0.717) is 30.9 Å². The number of carbonyl (C=O) groups is 1. The van der Waals surface area contributed by atoms with Crippen LogP contribution in [0.5, 0.6) is 5.88 Å². The lowest BCUT2D eigenvalue weighted by Crippen LogP contribution is -2.35. The Hall–Kier alpha value is -3.04. The van der Waals surface area contributed by atoms with Crippen molar-refractivity contribution in [1.29, 1.82) is 0 Å². The summed E-state index contributed by atoms with van der Waals surface area (Å²) in [4.78, 5) is 12.9. The van der Waals surface area contributed by atoms with Crippen LogP contribution >= 0.6 is 0 Å². The van der Waals surface area contributed by atoms with Crippen molar-refractivity contribution in [3.05, 3.63) is 54.1 Å². The zero-order valence-electron chi connectivity index (χ0n) is 19.5. The Labute approximate surface area is 200 Å². The molecule has 0 unspecified atom stereocenters. The van der Waals surface area contributed by atoms with E-state index in [0.717, 1.165) is 31.2 Å². The van der Waals surface area contributed by atoms with Gasteiger partial charge in [0.1, 0.15) is 0 Å². The molecule has 1 aliphatic heterocycles. The first-order valence-electron chi connectivity index (χ1n) is 11.7. The molecule has 0 spiro atoms. The van der Waals surface area contributed by atoms with Crippen molar-refractivity contribution in [3.63, 3.8) is 0 Å².